The first-order chi connectivity index (χ1) is 11.0. The standard InChI is InChI=1S/C17H23N3O3/c1-12(2)20-11-14(10-15(20)21)17(23)19-9-8-18-16(22)13-6-4-3-5-7-13/h3-7,12,14H,8-11H2,1-2H3,(H,18,22)(H,19,23). The Morgan fingerprint density at radius 2 is 1.83 bits per heavy atom. The van der Waals surface area contributed by atoms with Crippen LogP contribution in [0.25, 0.3) is 0 Å². The number of nitrogens with one attached hydrogen (secondary N) is 2. The van der Waals surface area contributed by atoms with Gasteiger partial charge < -0.3 is 15.5 Å². The van der Waals surface area contributed by atoms with Crippen LogP contribution in [0.2, 0.25) is 0 Å². The third-order valence-corrected chi connectivity index (χ3v) is 3.90. The van der Waals surface area contributed by atoms with Crippen LogP contribution < -0.4 is 10.6 Å². The van der Waals surface area contributed by atoms with Crippen LogP contribution in [0.3, 0.4) is 0 Å². The number of hydrogen-bond donors (Lipinski definition) is 2. The smallest absolute Gasteiger partial charge is 0.251 e. The zero-order valence-electron chi connectivity index (χ0n) is 13.5. The predicted octanol–water partition coefficient (Wildman–Crippen LogP) is 0.790. The van der Waals surface area contributed by atoms with Gasteiger partial charge in [-0.1, -0.05) is 18.2 Å². The van der Waals surface area contributed by atoms with Gasteiger partial charge in [0, 0.05) is 37.7 Å². The Kier molecular flexibility index (Phi) is 5.73. The second kappa shape index (κ2) is 7.76. The van der Waals surface area contributed by atoms with Gasteiger partial charge >= 0.3 is 0 Å². The first-order valence-electron chi connectivity index (χ1n) is 7.89. The number of likely N-dealkylation sites (tertiary alicyclic amines) is 1. The molecule has 0 spiro atoms. The fourth-order valence-corrected chi connectivity index (χ4v) is 2.60. The molecule has 0 radical (unpaired) electrons. The van der Waals surface area contributed by atoms with Crippen molar-refractivity contribution < 1.29 is 14.4 Å². The molecule has 3 amide bonds. The van der Waals surface area contributed by atoms with Crippen LogP contribution in [0.5, 0.6) is 0 Å². The highest BCUT2D eigenvalue weighted by molar-refractivity contribution is 5.94. The minimum atomic E-state index is -0.297. The monoisotopic (exact) mass is 317 g/mol. The molecular weight excluding hydrogens is 294 g/mol. The van der Waals surface area contributed by atoms with E-state index in [4.69, 9.17) is 0 Å². The Morgan fingerprint density at radius 3 is 2.43 bits per heavy atom. The summed E-state index contributed by atoms with van der Waals surface area (Å²) >= 11 is 0. The lowest BCUT2D eigenvalue weighted by Gasteiger charge is -2.20. The van der Waals surface area contributed by atoms with Crippen molar-refractivity contribution >= 4 is 17.7 Å². The lowest BCUT2D eigenvalue weighted by atomic mass is 10.1. The maximum absolute atomic E-state index is 12.1. The van der Waals surface area contributed by atoms with E-state index in [-0.39, 0.29) is 36.1 Å². The van der Waals surface area contributed by atoms with E-state index >= 15 is 0 Å². The molecule has 1 fully saturated rings. The van der Waals surface area contributed by atoms with Crippen LogP contribution in [-0.2, 0) is 9.59 Å². The Bertz CT molecular complexity index is 572. The van der Waals surface area contributed by atoms with Crippen LogP contribution in [-0.4, -0.2) is 48.3 Å². The van der Waals surface area contributed by atoms with Gasteiger partial charge in [-0.2, -0.15) is 0 Å². The molecule has 23 heavy (non-hydrogen) atoms. The molecule has 0 aromatic heterocycles. The number of nitrogens with zero attached hydrogens (tertiary/aromatic N) is 1. The van der Waals surface area contributed by atoms with Gasteiger partial charge in [0.25, 0.3) is 5.91 Å². The van der Waals surface area contributed by atoms with Crippen molar-refractivity contribution in [3.8, 4) is 0 Å². The van der Waals surface area contributed by atoms with Crippen LogP contribution >= 0.6 is 0 Å². The first kappa shape index (κ1) is 17.0. The van der Waals surface area contributed by atoms with Crippen LogP contribution in [0.4, 0.5) is 0 Å². The summed E-state index contributed by atoms with van der Waals surface area (Å²) < 4.78 is 0. The average Bonchev–Trinajstić information content (AvgIpc) is 2.94. The SMILES string of the molecule is CC(C)N1CC(C(=O)NCCNC(=O)c2ccccc2)CC1=O. The summed E-state index contributed by atoms with van der Waals surface area (Å²) in [5.74, 6) is -0.565. The van der Waals surface area contributed by atoms with Crippen molar-refractivity contribution in [2.75, 3.05) is 19.6 Å². The number of carbonyl (C=O) groups excluding carboxylic acids is 3. The van der Waals surface area contributed by atoms with E-state index in [1.54, 1.807) is 29.2 Å². The molecule has 2 rings (SSSR count). The molecule has 1 heterocycles. The number of benzene rings is 1. The Hall–Kier alpha value is -2.37. The van der Waals surface area contributed by atoms with Gasteiger partial charge in [0.2, 0.25) is 11.8 Å². The van der Waals surface area contributed by atoms with Gasteiger partial charge in [-0.3, -0.25) is 14.4 Å². The Balaban J connectivity index is 1.70. The zero-order chi connectivity index (χ0) is 16.8. The summed E-state index contributed by atoms with van der Waals surface area (Å²) in [4.78, 5) is 37.4. The molecule has 1 atom stereocenters. The van der Waals surface area contributed by atoms with Crippen molar-refractivity contribution in [3.63, 3.8) is 0 Å². The molecule has 1 aromatic rings. The minimum absolute atomic E-state index is 0.0255. The van der Waals surface area contributed by atoms with Gasteiger partial charge in [0.15, 0.2) is 0 Å². The molecule has 1 unspecified atom stereocenters. The second-order valence-electron chi connectivity index (χ2n) is 5.95. The van der Waals surface area contributed by atoms with Crippen molar-refractivity contribution in [2.45, 2.75) is 26.3 Å². The molecule has 1 saturated heterocycles. The van der Waals surface area contributed by atoms with E-state index in [1.165, 1.54) is 0 Å². The lowest BCUT2D eigenvalue weighted by Crippen LogP contribution is -2.39. The van der Waals surface area contributed by atoms with E-state index in [1.807, 2.05) is 19.9 Å². The molecule has 0 bridgehead atoms. The van der Waals surface area contributed by atoms with Gasteiger partial charge in [-0.15, -0.1) is 0 Å². The third-order valence-electron chi connectivity index (χ3n) is 3.90. The molecule has 1 aliphatic rings. The largest absolute Gasteiger partial charge is 0.354 e. The Morgan fingerprint density at radius 1 is 1.17 bits per heavy atom. The summed E-state index contributed by atoms with van der Waals surface area (Å²) in [5, 5.41) is 5.53. The summed E-state index contributed by atoms with van der Waals surface area (Å²) in [6, 6.07) is 9.03. The van der Waals surface area contributed by atoms with Crippen molar-refractivity contribution in [3.05, 3.63) is 35.9 Å². The van der Waals surface area contributed by atoms with E-state index in [9.17, 15) is 14.4 Å². The number of amides is 3. The molecule has 2 N–H and O–H groups in total. The van der Waals surface area contributed by atoms with Crippen molar-refractivity contribution in [2.24, 2.45) is 5.92 Å². The van der Waals surface area contributed by atoms with Gasteiger partial charge in [-0.25, -0.2) is 0 Å². The summed E-state index contributed by atoms with van der Waals surface area (Å²) in [6.45, 7) is 5.06. The lowest BCUT2D eigenvalue weighted by molar-refractivity contribution is -0.129. The van der Waals surface area contributed by atoms with Gasteiger partial charge in [-0.05, 0) is 26.0 Å². The predicted molar refractivity (Wildman–Crippen MR) is 86.7 cm³/mol. The average molecular weight is 317 g/mol. The number of carbonyl (C=O) groups is 3. The quantitative estimate of drug-likeness (QED) is 0.762. The molecule has 1 aliphatic heterocycles. The summed E-state index contributed by atoms with van der Waals surface area (Å²) in [7, 11) is 0. The maximum atomic E-state index is 12.1. The molecule has 6 heteroatoms. The molecule has 1 aromatic carbocycles. The molecular formula is C17H23N3O3. The second-order valence-corrected chi connectivity index (χ2v) is 5.95. The van der Waals surface area contributed by atoms with Gasteiger partial charge in [0.05, 0.1) is 5.92 Å². The molecule has 124 valence electrons. The highest BCUT2D eigenvalue weighted by atomic mass is 16.2. The number of rotatable bonds is 6. The minimum Gasteiger partial charge on any atom is -0.354 e. The number of hydrogen-bond acceptors (Lipinski definition) is 3. The Labute approximate surface area is 136 Å². The summed E-state index contributed by atoms with van der Waals surface area (Å²) in [6.07, 6.45) is 0.264. The van der Waals surface area contributed by atoms with Crippen molar-refractivity contribution in [1.29, 1.82) is 0 Å². The zero-order valence-corrected chi connectivity index (χ0v) is 13.5. The van der Waals surface area contributed by atoms with E-state index < -0.39 is 0 Å². The third kappa shape index (κ3) is 4.55. The maximum Gasteiger partial charge on any atom is 0.251 e. The van der Waals surface area contributed by atoms with E-state index in [2.05, 4.69) is 10.6 Å². The molecule has 0 aliphatic carbocycles. The molecule has 0 saturated carbocycles. The first-order valence-corrected chi connectivity index (χ1v) is 7.89. The molecule has 6 nitrogen and oxygen atoms in total. The normalized spacial score (nSPS) is 17.4. The highest BCUT2D eigenvalue weighted by Gasteiger charge is 2.35. The van der Waals surface area contributed by atoms with E-state index in [0.717, 1.165) is 0 Å². The van der Waals surface area contributed by atoms with Crippen LogP contribution in [0, 0.1) is 5.92 Å². The van der Waals surface area contributed by atoms with Crippen LogP contribution in [0.15, 0.2) is 30.3 Å². The highest BCUT2D eigenvalue weighted by Crippen LogP contribution is 2.19. The fourth-order valence-electron chi connectivity index (χ4n) is 2.60. The topological polar surface area (TPSA) is 78.5 Å². The fraction of sp³-hybridized carbons (Fsp3) is 0.471. The van der Waals surface area contributed by atoms with E-state index in [0.29, 0.717) is 25.2 Å². The van der Waals surface area contributed by atoms with Crippen molar-refractivity contribution in [1.82, 2.24) is 15.5 Å². The summed E-state index contributed by atoms with van der Waals surface area (Å²) in [5.41, 5.74) is 0.591. The van der Waals surface area contributed by atoms with Gasteiger partial charge in [0.1, 0.15) is 0 Å². The van der Waals surface area contributed by atoms with Crippen LogP contribution in [0.1, 0.15) is 30.6 Å².